The highest BCUT2D eigenvalue weighted by molar-refractivity contribution is 7.10. The Hall–Kier alpha value is -0.340. The molecule has 1 saturated carbocycles. The molecular formula is C14H22OS. The van der Waals surface area contributed by atoms with Gasteiger partial charge < -0.3 is 5.11 Å². The van der Waals surface area contributed by atoms with Gasteiger partial charge in [-0.25, -0.2) is 0 Å². The van der Waals surface area contributed by atoms with Gasteiger partial charge in [-0.05, 0) is 61.5 Å². The Kier molecular flexibility index (Phi) is 3.15. The van der Waals surface area contributed by atoms with Crippen LogP contribution in [0.3, 0.4) is 0 Å². The molecule has 1 unspecified atom stereocenters. The lowest BCUT2D eigenvalue weighted by Crippen LogP contribution is -2.25. The van der Waals surface area contributed by atoms with E-state index in [2.05, 4.69) is 32.2 Å². The molecule has 0 bridgehead atoms. The summed E-state index contributed by atoms with van der Waals surface area (Å²) in [6.07, 6.45) is 5.33. The van der Waals surface area contributed by atoms with Gasteiger partial charge in [-0.2, -0.15) is 0 Å². The normalized spacial score (nSPS) is 30.0. The largest absolute Gasteiger partial charge is 0.385 e. The van der Waals surface area contributed by atoms with E-state index in [-0.39, 0.29) is 0 Å². The van der Waals surface area contributed by atoms with Crippen molar-refractivity contribution in [1.82, 2.24) is 0 Å². The van der Waals surface area contributed by atoms with Crippen molar-refractivity contribution in [2.75, 3.05) is 0 Å². The maximum atomic E-state index is 10.8. The standard InChI is InChI=1S/C14H22OS/c1-11-12(5-10-16-11)14(15)7-4-6-13(2,3)8-9-14/h5,10,15H,4,6-9H2,1-3H3. The first kappa shape index (κ1) is 12.1. The third-order valence-corrected chi connectivity index (χ3v) is 4.87. The predicted molar refractivity (Wildman–Crippen MR) is 69.8 cm³/mol. The van der Waals surface area contributed by atoms with Crippen LogP contribution in [-0.2, 0) is 5.60 Å². The topological polar surface area (TPSA) is 20.2 Å². The SMILES string of the molecule is Cc1sccc1C1(O)CCCC(C)(C)CC1. The van der Waals surface area contributed by atoms with Crippen LogP contribution in [0.4, 0.5) is 0 Å². The van der Waals surface area contributed by atoms with Crippen molar-refractivity contribution in [3.63, 3.8) is 0 Å². The summed E-state index contributed by atoms with van der Waals surface area (Å²) in [6, 6.07) is 2.11. The van der Waals surface area contributed by atoms with Gasteiger partial charge in [0.15, 0.2) is 0 Å². The van der Waals surface area contributed by atoms with Gasteiger partial charge >= 0.3 is 0 Å². The summed E-state index contributed by atoms with van der Waals surface area (Å²) in [4.78, 5) is 1.28. The Labute approximate surface area is 103 Å². The Balaban J connectivity index is 2.23. The Morgan fingerprint density at radius 2 is 1.94 bits per heavy atom. The molecule has 0 aromatic carbocycles. The number of aliphatic hydroxyl groups is 1. The smallest absolute Gasteiger partial charge is 0.0907 e. The summed E-state index contributed by atoms with van der Waals surface area (Å²) in [6.45, 7) is 6.76. The second-order valence-corrected chi connectivity index (χ2v) is 7.06. The molecular weight excluding hydrogens is 216 g/mol. The van der Waals surface area contributed by atoms with E-state index in [9.17, 15) is 5.11 Å². The minimum atomic E-state index is -0.558. The number of hydrogen-bond acceptors (Lipinski definition) is 2. The van der Waals surface area contributed by atoms with Gasteiger partial charge in [0.1, 0.15) is 0 Å². The third kappa shape index (κ3) is 2.33. The summed E-state index contributed by atoms with van der Waals surface area (Å²) >= 11 is 1.74. The summed E-state index contributed by atoms with van der Waals surface area (Å²) in [5.41, 5.74) is 1.02. The summed E-state index contributed by atoms with van der Waals surface area (Å²) in [5.74, 6) is 0. The lowest BCUT2D eigenvalue weighted by molar-refractivity contribution is 0.0179. The van der Waals surface area contributed by atoms with Gasteiger partial charge in [0.05, 0.1) is 5.60 Å². The first-order chi connectivity index (χ1) is 7.43. The van der Waals surface area contributed by atoms with E-state index in [1.165, 1.54) is 16.9 Å². The summed E-state index contributed by atoms with van der Waals surface area (Å²) < 4.78 is 0. The maximum Gasteiger partial charge on any atom is 0.0907 e. The molecule has 0 spiro atoms. The van der Waals surface area contributed by atoms with Gasteiger partial charge in [0, 0.05) is 4.88 Å². The van der Waals surface area contributed by atoms with Gasteiger partial charge in [-0.15, -0.1) is 11.3 Å². The highest BCUT2D eigenvalue weighted by atomic mass is 32.1. The van der Waals surface area contributed by atoms with Gasteiger partial charge in [-0.1, -0.05) is 13.8 Å². The fourth-order valence-electron chi connectivity index (χ4n) is 2.79. The molecule has 0 saturated heterocycles. The third-order valence-electron chi connectivity index (χ3n) is 4.02. The molecule has 1 N–H and O–H groups in total. The maximum absolute atomic E-state index is 10.8. The van der Waals surface area contributed by atoms with Crippen LogP contribution in [-0.4, -0.2) is 5.11 Å². The van der Waals surface area contributed by atoms with E-state index in [1.54, 1.807) is 11.3 Å². The van der Waals surface area contributed by atoms with Crippen molar-refractivity contribution >= 4 is 11.3 Å². The summed E-state index contributed by atoms with van der Waals surface area (Å²) in [7, 11) is 0. The van der Waals surface area contributed by atoms with Gasteiger partial charge in [-0.3, -0.25) is 0 Å². The van der Waals surface area contributed by atoms with Crippen LogP contribution >= 0.6 is 11.3 Å². The Morgan fingerprint density at radius 3 is 2.56 bits per heavy atom. The van der Waals surface area contributed by atoms with Crippen LogP contribution < -0.4 is 0 Å². The molecule has 1 atom stereocenters. The number of aryl methyl sites for hydroxylation is 1. The molecule has 0 aliphatic heterocycles. The van der Waals surface area contributed by atoms with Crippen molar-refractivity contribution in [2.24, 2.45) is 5.41 Å². The van der Waals surface area contributed by atoms with E-state index in [0.717, 1.165) is 25.7 Å². The zero-order chi connectivity index (χ0) is 11.8. The van der Waals surface area contributed by atoms with Crippen molar-refractivity contribution in [3.8, 4) is 0 Å². The molecule has 1 heterocycles. The summed E-state index contributed by atoms with van der Waals surface area (Å²) in [5, 5.41) is 12.9. The lowest BCUT2D eigenvalue weighted by atomic mass is 9.82. The highest BCUT2D eigenvalue weighted by Crippen LogP contribution is 2.44. The van der Waals surface area contributed by atoms with Crippen LogP contribution in [0.2, 0.25) is 0 Å². The van der Waals surface area contributed by atoms with E-state index in [1.807, 2.05) is 0 Å². The molecule has 2 rings (SSSR count). The van der Waals surface area contributed by atoms with Crippen molar-refractivity contribution < 1.29 is 5.11 Å². The van der Waals surface area contributed by atoms with Gasteiger partial charge in [0.2, 0.25) is 0 Å². The molecule has 1 aliphatic carbocycles. The molecule has 1 fully saturated rings. The Bertz CT molecular complexity index is 367. The molecule has 0 amide bonds. The molecule has 1 aliphatic rings. The quantitative estimate of drug-likeness (QED) is 0.726. The minimum absolute atomic E-state index is 0.397. The molecule has 0 radical (unpaired) electrons. The van der Waals surface area contributed by atoms with Crippen molar-refractivity contribution in [2.45, 2.75) is 58.5 Å². The average Bonchev–Trinajstić information content (AvgIpc) is 2.56. The minimum Gasteiger partial charge on any atom is -0.385 e. The molecule has 1 nitrogen and oxygen atoms in total. The molecule has 1 aromatic heterocycles. The first-order valence-corrected chi connectivity index (χ1v) is 7.08. The fraction of sp³-hybridized carbons (Fsp3) is 0.714. The molecule has 2 heteroatoms. The second kappa shape index (κ2) is 4.15. The van der Waals surface area contributed by atoms with Crippen LogP contribution in [0.1, 0.15) is 56.4 Å². The zero-order valence-electron chi connectivity index (χ0n) is 10.5. The molecule has 1 aromatic rings. The fourth-order valence-corrected chi connectivity index (χ4v) is 3.58. The average molecular weight is 238 g/mol. The van der Waals surface area contributed by atoms with Crippen LogP contribution in [0, 0.1) is 12.3 Å². The number of rotatable bonds is 1. The monoisotopic (exact) mass is 238 g/mol. The van der Waals surface area contributed by atoms with Crippen LogP contribution in [0.25, 0.3) is 0 Å². The first-order valence-electron chi connectivity index (χ1n) is 6.20. The highest BCUT2D eigenvalue weighted by Gasteiger charge is 2.36. The zero-order valence-corrected chi connectivity index (χ0v) is 11.4. The second-order valence-electron chi connectivity index (χ2n) is 5.94. The lowest BCUT2D eigenvalue weighted by Gasteiger charge is -2.28. The molecule has 90 valence electrons. The van der Waals surface area contributed by atoms with Crippen molar-refractivity contribution in [3.05, 3.63) is 21.9 Å². The van der Waals surface area contributed by atoms with Crippen molar-refractivity contribution in [1.29, 1.82) is 0 Å². The molecule has 16 heavy (non-hydrogen) atoms. The van der Waals surface area contributed by atoms with E-state index >= 15 is 0 Å². The van der Waals surface area contributed by atoms with Gasteiger partial charge in [0.25, 0.3) is 0 Å². The van der Waals surface area contributed by atoms with E-state index in [4.69, 9.17) is 0 Å². The van der Waals surface area contributed by atoms with E-state index < -0.39 is 5.60 Å². The van der Waals surface area contributed by atoms with Crippen LogP contribution in [0.5, 0.6) is 0 Å². The Morgan fingerprint density at radius 1 is 1.19 bits per heavy atom. The predicted octanol–water partition coefficient (Wildman–Crippen LogP) is 4.23. The number of thiophene rings is 1. The van der Waals surface area contributed by atoms with Crippen LogP contribution in [0.15, 0.2) is 11.4 Å². The van der Waals surface area contributed by atoms with E-state index in [0.29, 0.717) is 5.41 Å². The number of hydrogen-bond donors (Lipinski definition) is 1.